The molecule has 2 N–H and O–H groups in total. The normalized spacial score (nSPS) is 18.6. The van der Waals surface area contributed by atoms with Gasteiger partial charge in [0, 0.05) is 30.4 Å². The van der Waals surface area contributed by atoms with Crippen molar-refractivity contribution in [3.63, 3.8) is 0 Å². The number of aromatic nitrogens is 2. The molecule has 0 bridgehead atoms. The molecule has 0 radical (unpaired) electrons. The second-order valence-corrected chi connectivity index (χ2v) is 11.2. The van der Waals surface area contributed by atoms with Gasteiger partial charge in [0.15, 0.2) is 9.84 Å². The third-order valence-electron chi connectivity index (χ3n) is 6.74. The van der Waals surface area contributed by atoms with Crippen LogP contribution < -0.4 is 10.2 Å². The smallest absolute Gasteiger partial charge is 0.314 e. The molecule has 0 unspecified atom stereocenters. The van der Waals surface area contributed by atoms with Crippen LogP contribution in [0.4, 0.5) is 17.5 Å². The lowest BCUT2D eigenvalue weighted by molar-refractivity contribution is -0.147. The van der Waals surface area contributed by atoms with E-state index in [-0.39, 0.29) is 11.5 Å². The van der Waals surface area contributed by atoms with Gasteiger partial charge >= 0.3 is 5.97 Å². The first-order valence-electron chi connectivity index (χ1n) is 11.4. The van der Waals surface area contributed by atoms with Crippen molar-refractivity contribution in [3.05, 3.63) is 66.2 Å². The van der Waals surface area contributed by atoms with Crippen LogP contribution in [0.5, 0.6) is 0 Å². The van der Waals surface area contributed by atoms with Gasteiger partial charge in [-0.3, -0.25) is 4.79 Å². The second-order valence-electron chi connectivity index (χ2n) is 8.89. The molecular weight excluding hydrogens is 452 g/mol. The van der Waals surface area contributed by atoms with E-state index in [2.05, 4.69) is 10.3 Å². The van der Waals surface area contributed by atoms with E-state index in [0.29, 0.717) is 37.7 Å². The Morgan fingerprint density at radius 3 is 2.24 bits per heavy atom. The number of rotatable bonds is 6. The SMILES string of the molecule is O=C(O)C1(c2ccc(Nc3cc(-c4ccccc4)nc(N4CCS(=O)(=O)CC4)n3)cc2)CCC1. The number of hydrogen-bond acceptors (Lipinski definition) is 7. The summed E-state index contributed by atoms with van der Waals surface area (Å²) in [6.07, 6.45) is 2.25. The van der Waals surface area contributed by atoms with Crippen molar-refractivity contribution >= 4 is 33.3 Å². The predicted molar refractivity (Wildman–Crippen MR) is 131 cm³/mol. The molecule has 176 valence electrons. The first-order valence-corrected chi connectivity index (χ1v) is 13.2. The summed E-state index contributed by atoms with van der Waals surface area (Å²) in [5, 5.41) is 13.0. The van der Waals surface area contributed by atoms with Crippen LogP contribution in [-0.4, -0.2) is 54.1 Å². The highest BCUT2D eigenvalue weighted by Crippen LogP contribution is 2.44. The summed E-state index contributed by atoms with van der Waals surface area (Å²) in [6.45, 7) is 0.706. The Kier molecular flexibility index (Phi) is 5.73. The van der Waals surface area contributed by atoms with E-state index in [4.69, 9.17) is 4.98 Å². The Labute approximate surface area is 198 Å². The average Bonchev–Trinajstić information content (AvgIpc) is 2.79. The molecule has 34 heavy (non-hydrogen) atoms. The van der Waals surface area contributed by atoms with Crippen LogP contribution in [-0.2, 0) is 20.0 Å². The quantitative estimate of drug-likeness (QED) is 0.552. The summed E-state index contributed by atoms with van der Waals surface area (Å²) in [5.74, 6) is 0.468. The van der Waals surface area contributed by atoms with Crippen LogP contribution in [0.25, 0.3) is 11.3 Å². The minimum absolute atomic E-state index is 0.0848. The van der Waals surface area contributed by atoms with Gasteiger partial charge in [-0.1, -0.05) is 48.9 Å². The van der Waals surface area contributed by atoms with Crippen LogP contribution in [0.1, 0.15) is 24.8 Å². The largest absolute Gasteiger partial charge is 0.481 e. The van der Waals surface area contributed by atoms with Gasteiger partial charge in [-0.25, -0.2) is 13.4 Å². The Morgan fingerprint density at radius 2 is 1.65 bits per heavy atom. The van der Waals surface area contributed by atoms with Crippen LogP contribution in [0.2, 0.25) is 0 Å². The Bertz CT molecular complexity index is 1290. The fourth-order valence-electron chi connectivity index (χ4n) is 4.49. The number of sulfone groups is 1. The van der Waals surface area contributed by atoms with Gasteiger partial charge in [0.1, 0.15) is 5.82 Å². The molecule has 0 amide bonds. The van der Waals surface area contributed by atoms with Gasteiger partial charge in [0.25, 0.3) is 0 Å². The number of carboxylic acids is 1. The number of nitrogens with zero attached hydrogens (tertiary/aromatic N) is 3. The van der Waals surface area contributed by atoms with Gasteiger partial charge in [-0.2, -0.15) is 4.98 Å². The Balaban J connectivity index is 1.44. The lowest BCUT2D eigenvalue weighted by atomic mass is 9.64. The van der Waals surface area contributed by atoms with Crippen LogP contribution in [0.3, 0.4) is 0 Å². The zero-order chi connectivity index (χ0) is 23.8. The Hall–Kier alpha value is -3.46. The van der Waals surface area contributed by atoms with Crippen LogP contribution in [0, 0.1) is 0 Å². The van der Waals surface area contributed by atoms with Crippen LogP contribution in [0.15, 0.2) is 60.7 Å². The van der Waals surface area contributed by atoms with E-state index in [9.17, 15) is 18.3 Å². The van der Waals surface area contributed by atoms with Crippen molar-refractivity contribution in [2.45, 2.75) is 24.7 Å². The summed E-state index contributed by atoms with van der Waals surface area (Å²) >= 11 is 0. The minimum Gasteiger partial charge on any atom is -0.481 e. The molecule has 3 aromatic rings. The molecule has 0 atom stereocenters. The fourth-order valence-corrected chi connectivity index (χ4v) is 5.69. The number of carboxylic acid groups (broad SMARTS) is 1. The van der Waals surface area contributed by atoms with Crippen molar-refractivity contribution in [2.75, 3.05) is 34.8 Å². The highest BCUT2D eigenvalue weighted by Gasteiger charge is 2.45. The molecule has 2 aromatic carbocycles. The molecule has 1 saturated carbocycles. The van der Waals surface area contributed by atoms with E-state index in [0.717, 1.165) is 28.9 Å². The van der Waals surface area contributed by atoms with Crippen LogP contribution >= 0.6 is 0 Å². The average molecular weight is 479 g/mol. The Morgan fingerprint density at radius 1 is 0.971 bits per heavy atom. The molecule has 5 rings (SSSR count). The van der Waals surface area contributed by atoms with E-state index in [1.165, 1.54) is 0 Å². The van der Waals surface area contributed by atoms with Gasteiger partial charge in [-0.15, -0.1) is 0 Å². The third kappa shape index (κ3) is 4.35. The third-order valence-corrected chi connectivity index (χ3v) is 8.35. The van der Waals surface area contributed by atoms with Crippen molar-refractivity contribution in [1.29, 1.82) is 0 Å². The molecule has 1 aromatic heterocycles. The number of benzene rings is 2. The van der Waals surface area contributed by atoms with Crippen molar-refractivity contribution in [1.82, 2.24) is 9.97 Å². The van der Waals surface area contributed by atoms with Crippen molar-refractivity contribution in [2.24, 2.45) is 0 Å². The number of nitrogens with one attached hydrogen (secondary N) is 1. The van der Waals surface area contributed by atoms with Crippen molar-refractivity contribution in [3.8, 4) is 11.3 Å². The monoisotopic (exact) mass is 478 g/mol. The fraction of sp³-hybridized carbons (Fsp3) is 0.320. The maximum Gasteiger partial charge on any atom is 0.314 e. The van der Waals surface area contributed by atoms with Gasteiger partial charge < -0.3 is 15.3 Å². The summed E-state index contributed by atoms with van der Waals surface area (Å²) in [7, 11) is -3.02. The standard InChI is InChI=1S/C25H26N4O4S/c30-23(31)25(11-4-12-25)19-7-9-20(10-8-19)26-22-17-21(18-5-2-1-3-6-18)27-24(28-22)29-13-15-34(32,33)16-14-29/h1-3,5-10,17H,4,11-16H2,(H,30,31)(H,26,27,28). The van der Waals surface area contributed by atoms with Gasteiger partial charge in [0.05, 0.1) is 22.6 Å². The van der Waals surface area contributed by atoms with E-state index in [1.54, 1.807) is 0 Å². The number of hydrogen-bond donors (Lipinski definition) is 2. The molecule has 2 aliphatic rings. The summed E-state index contributed by atoms with van der Waals surface area (Å²) < 4.78 is 23.7. The summed E-state index contributed by atoms with van der Waals surface area (Å²) in [4.78, 5) is 23.1. The van der Waals surface area contributed by atoms with E-state index in [1.807, 2.05) is 65.6 Å². The van der Waals surface area contributed by atoms with E-state index >= 15 is 0 Å². The topological polar surface area (TPSA) is 112 Å². The molecule has 1 saturated heterocycles. The highest BCUT2D eigenvalue weighted by molar-refractivity contribution is 7.91. The molecule has 2 heterocycles. The van der Waals surface area contributed by atoms with E-state index < -0.39 is 21.2 Å². The zero-order valence-electron chi connectivity index (χ0n) is 18.6. The molecule has 8 nitrogen and oxygen atoms in total. The van der Waals surface area contributed by atoms with Gasteiger partial charge in [-0.05, 0) is 30.5 Å². The molecule has 1 aliphatic heterocycles. The lowest BCUT2D eigenvalue weighted by Crippen LogP contribution is -2.42. The lowest BCUT2D eigenvalue weighted by Gasteiger charge is -2.38. The predicted octanol–water partition coefficient (Wildman–Crippen LogP) is 3.63. The number of anilines is 3. The zero-order valence-corrected chi connectivity index (χ0v) is 19.5. The molecular formula is C25H26N4O4S. The molecule has 9 heteroatoms. The van der Waals surface area contributed by atoms with Gasteiger partial charge in [0.2, 0.25) is 5.95 Å². The molecule has 1 aliphatic carbocycles. The summed E-state index contributed by atoms with van der Waals surface area (Å²) in [5.41, 5.74) is 2.50. The first-order chi connectivity index (χ1) is 16.3. The highest BCUT2D eigenvalue weighted by atomic mass is 32.2. The maximum absolute atomic E-state index is 11.9. The second kappa shape index (κ2) is 8.72. The summed E-state index contributed by atoms with van der Waals surface area (Å²) in [6, 6.07) is 19.1. The molecule has 0 spiro atoms. The number of aliphatic carboxylic acids is 1. The molecule has 2 fully saturated rings. The first kappa shape index (κ1) is 22.3. The number of carbonyl (C=O) groups is 1. The minimum atomic E-state index is -3.02. The van der Waals surface area contributed by atoms with Crippen molar-refractivity contribution < 1.29 is 18.3 Å². The maximum atomic E-state index is 11.9.